The van der Waals surface area contributed by atoms with Crippen LogP contribution in [0.5, 0.6) is 0 Å². The summed E-state index contributed by atoms with van der Waals surface area (Å²) in [5.41, 5.74) is 0.361. The fraction of sp³-hybridized carbons (Fsp3) is 0.474. The molecule has 1 saturated heterocycles. The topological polar surface area (TPSA) is 41.4 Å². The highest BCUT2D eigenvalue weighted by Gasteiger charge is 2.34. The van der Waals surface area contributed by atoms with Crippen LogP contribution in [-0.4, -0.2) is 46.8 Å². The van der Waals surface area contributed by atoms with Crippen molar-refractivity contribution in [3.8, 4) is 0 Å². The minimum atomic E-state index is -4.51. The molecule has 0 radical (unpaired) electrons. The zero-order valence-electron chi connectivity index (χ0n) is 16.1. The molecule has 1 aromatic heterocycles. The highest BCUT2D eigenvalue weighted by atomic mass is 35.5. The van der Waals surface area contributed by atoms with E-state index in [1.807, 2.05) is 38.1 Å². The van der Waals surface area contributed by atoms with E-state index in [1.165, 1.54) is 6.92 Å². The first-order valence-electron chi connectivity index (χ1n) is 9.14. The summed E-state index contributed by atoms with van der Waals surface area (Å²) in [6.45, 7) is 7.64. The third-order valence-corrected chi connectivity index (χ3v) is 4.63. The highest BCUT2D eigenvalue weighted by molar-refractivity contribution is 6.30. The van der Waals surface area contributed by atoms with Crippen LogP contribution in [0.1, 0.15) is 25.2 Å². The first-order chi connectivity index (χ1) is 13.2. The predicted octanol–water partition coefficient (Wildman–Crippen LogP) is 4.24. The van der Waals surface area contributed by atoms with E-state index in [1.54, 1.807) is 4.90 Å². The number of piperazine rings is 1. The summed E-state index contributed by atoms with van der Waals surface area (Å²) in [6.07, 6.45) is -4.51. The van der Waals surface area contributed by atoms with E-state index < -0.39 is 11.9 Å². The predicted molar refractivity (Wildman–Crippen MR) is 104 cm³/mol. The van der Waals surface area contributed by atoms with Gasteiger partial charge in [0.2, 0.25) is 5.91 Å². The number of aromatic nitrogens is 2. The van der Waals surface area contributed by atoms with E-state index in [9.17, 15) is 18.0 Å². The number of carbonyl (C=O) groups excluding carboxylic acids is 1. The summed E-state index contributed by atoms with van der Waals surface area (Å²) in [5, 5.41) is 4.17. The summed E-state index contributed by atoms with van der Waals surface area (Å²) in [4.78, 5) is 16.2. The average Bonchev–Trinajstić information content (AvgIpc) is 3.05. The number of halogens is 4. The molecule has 28 heavy (non-hydrogen) atoms. The second-order valence-corrected chi connectivity index (χ2v) is 6.61. The lowest BCUT2D eigenvalue weighted by molar-refractivity contribution is -0.142. The van der Waals surface area contributed by atoms with Gasteiger partial charge in [-0.25, -0.2) is 0 Å². The molecule has 1 fully saturated rings. The number of alkyl halides is 3. The Morgan fingerprint density at radius 3 is 2.18 bits per heavy atom. The Labute approximate surface area is 167 Å². The van der Waals surface area contributed by atoms with E-state index in [-0.39, 0.29) is 12.5 Å². The second kappa shape index (κ2) is 9.32. The molecule has 0 aliphatic carbocycles. The molecular formula is C19H24ClF3N4O. The Morgan fingerprint density at radius 2 is 1.68 bits per heavy atom. The number of amides is 1. The van der Waals surface area contributed by atoms with Gasteiger partial charge in [-0.2, -0.15) is 18.3 Å². The number of nitrogens with zero attached hydrogens (tertiary/aromatic N) is 4. The van der Waals surface area contributed by atoms with E-state index in [2.05, 4.69) is 10.00 Å². The number of anilines is 1. The summed E-state index contributed by atoms with van der Waals surface area (Å²) in [6, 6.07) is 8.42. The molecule has 1 aromatic carbocycles. The van der Waals surface area contributed by atoms with Gasteiger partial charge in [-0.3, -0.25) is 9.48 Å². The van der Waals surface area contributed by atoms with Gasteiger partial charge in [0.15, 0.2) is 5.69 Å². The maximum Gasteiger partial charge on any atom is 0.435 e. The molecule has 1 aliphatic rings. The lowest BCUT2D eigenvalue weighted by atomic mass is 10.2. The average molecular weight is 417 g/mol. The van der Waals surface area contributed by atoms with Crippen LogP contribution in [0.25, 0.3) is 0 Å². The minimum Gasteiger partial charge on any atom is -0.368 e. The fourth-order valence-electron chi connectivity index (χ4n) is 2.90. The summed E-state index contributed by atoms with van der Waals surface area (Å²) in [5.74, 6) is -0.235. The SMILES string of the molecule is CC.Cc1cc(C(F)(F)F)nn1CC(=O)N1CCN(c2ccc(Cl)cc2)CC1. The summed E-state index contributed by atoms with van der Waals surface area (Å²) in [7, 11) is 0. The van der Waals surface area contributed by atoms with Gasteiger partial charge in [0.25, 0.3) is 0 Å². The molecule has 1 amide bonds. The Kier molecular flexibility index (Phi) is 7.35. The molecule has 0 unspecified atom stereocenters. The van der Waals surface area contributed by atoms with Crippen molar-refractivity contribution in [2.24, 2.45) is 0 Å². The smallest absolute Gasteiger partial charge is 0.368 e. The molecule has 0 atom stereocenters. The van der Waals surface area contributed by atoms with E-state index >= 15 is 0 Å². The molecule has 3 rings (SSSR count). The van der Waals surface area contributed by atoms with Gasteiger partial charge in [0.1, 0.15) is 6.54 Å². The van der Waals surface area contributed by atoms with E-state index in [4.69, 9.17) is 11.6 Å². The van der Waals surface area contributed by atoms with Crippen molar-refractivity contribution in [3.63, 3.8) is 0 Å². The van der Waals surface area contributed by atoms with Crippen molar-refractivity contribution in [2.45, 2.75) is 33.5 Å². The summed E-state index contributed by atoms with van der Waals surface area (Å²) >= 11 is 5.88. The molecule has 9 heteroatoms. The van der Waals surface area contributed by atoms with Gasteiger partial charge in [-0.1, -0.05) is 25.4 Å². The molecule has 5 nitrogen and oxygen atoms in total. The normalized spacial score (nSPS) is 14.5. The van der Waals surface area contributed by atoms with Crippen molar-refractivity contribution in [1.29, 1.82) is 0 Å². The lowest BCUT2D eigenvalue weighted by Gasteiger charge is -2.36. The first kappa shape index (κ1) is 22.1. The van der Waals surface area contributed by atoms with E-state index in [0.717, 1.165) is 16.4 Å². The molecule has 1 aliphatic heterocycles. The number of carbonyl (C=O) groups is 1. The molecule has 2 aromatic rings. The van der Waals surface area contributed by atoms with Crippen LogP contribution in [0, 0.1) is 6.92 Å². The quantitative estimate of drug-likeness (QED) is 0.751. The van der Waals surface area contributed by atoms with Crippen molar-refractivity contribution < 1.29 is 18.0 Å². The minimum absolute atomic E-state index is 0.192. The molecule has 2 heterocycles. The maximum absolute atomic E-state index is 12.7. The van der Waals surface area contributed by atoms with Crippen LogP contribution in [0.2, 0.25) is 5.02 Å². The molecule has 0 bridgehead atoms. The van der Waals surface area contributed by atoms with Crippen LogP contribution in [-0.2, 0) is 17.5 Å². The van der Waals surface area contributed by atoms with Crippen molar-refractivity contribution in [1.82, 2.24) is 14.7 Å². The molecule has 0 saturated carbocycles. The Morgan fingerprint density at radius 1 is 1.11 bits per heavy atom. The number of hydrogen-bond donors (Lipinski definition) is 0. The van der Waals surface area contributed by atoms with Crippen LogP contribution < -0.4 is 4.90 Å². The molecular weight excluding hydrogens is 393 g/mol. The van der Waals surface area contributed by atoms with E-state index in [0.29, 0.717) is 36.9 Å². The first-order valence-corrected chi connectivity index (χ1v) is 9.52. The van der Waals surface area contributed by atoms with Gasteiger partial charge >= 0.3 is 6.18 Å². The highest BCUT2D eigenvalue weighted by Crippen LogP contribution is 2.28. The molecule has 154 valence electrons. The van der Waals surface area contributed by atoms with Crippen molar-refractivity contribution >= 4 is 23.2 Å². The monoisotopic (exact) mass is 416 g/mol. The van der Waals surface area contributed by atoms with Crippen LogP contribution in [0.3, 0.4) is 0 Å². The summed E-state index contributed by atoms with van der Waals surface area (Å²) < 4.78 is 39.3. The van der Waals surface area contributed by atoms with Gasteiger partial charge in [0.05, 0.1) is 0 Å². The number of aryl methyl sites for hydroxylation is 1. The lowest BCUT2D eigenvalue weighted by Crippen LogP contribution is -2.49. The van der Waals surface area contributed by atoms with Gasteiger partial charge in [-0.15, -0.1) is 0 Å². The van der Waals surface area contributed by atoms with Crippen LogP contribution >= 0.6 is 11.6 Å². The molecule has 0 N–H and O–H groups in total. The maximum atomic E-state index is 12.7. The number of hydrogen-bond acceptors (Lipinski definition) is 3. The van der Waals surface area contributed by atoms with Crippen molar-refractivity contribution in [2.75, 3.05) is 31.1 Å². The fourth-order valence-corrected chi connectivity index (χ4v) is 3.03. The second-order valence-electron chi connectivity index (χ2n) is 6.17. The van der Waals surface area contributed by atoms with Crippen molar-refractivity contribution in [3.05, 3.63) is 46.7 Å². The Balaban J connectivity index is 0.00000136. The zero-order chi connectivity index (χ0) is 20.9. The van der Waals surface area contributed by atoms with Crippen LogP contribution in [0.15, 0.2) is 30.3 Å². The Hall–Kier alpha value is -2.22. The third kappa shape index (κ3) is 5.41. The standard InChI is InChI=1S/C17H18ClF3N4O.C2H6/c1-12-10-15(17(19,20)21)22-25(12)11-16(26)24-8-6-23(7-9-24)14-4-2-13(18)3-5-14;1-2/h2-5,10H,6-9,11H2,1H3;1-2H3. The third-order valence-electron chi connectivity index (χ3n) is 4.38. The largest absolute Gasteiger partial charge is 0.435 e. The Bertz CT molecular complexity index is 781. The number of rotatable bonds is 3. The van der Waals surface area contributed by atoms with Gasteiger partial charge in [-0.05, 0) is 37.3 Å². The van der Waals surface area contributed by atoms with Gasteiger partial charge in [0, 0.05) is 42.6 Å². The van der Waals surface area contributed by atoms with Gasteiger partial charge < -0.3 is 9.80 Å². The number of benzene rings is 1. The van der Waals surface area contributed by atoms with Crippen LogP contribution in [0.4, 0.5) is 18.9 Å². The zero-order valence-corrected chi connectivity index (χ0v) is 16.9. The molecule has 0 spiro atoms.